The first-order valence-electron chi connectivity index (χ1n) is 7.00. The van der Waals surface area contributed by atoms with Crippen molar-refractivity contribution in [1.82, 2.24) is 15.1 Å². The number of hydrogen-bond acceptors (Lipinski definition) is 2. The molecule has 3 nitrogen and oxygen atoms in total. The van der Waals surface area contributed by atoms with Crippen LogP contribution in [-0.2, 0) is 19.5 Å². The summed E-state index contributed by atoms with van der Waals surface area (Å²) in [6.07, 6.45) is 4.86. The smallest absolute Gasteiger partial charge is 0.0625 e. The first kappa shape index (κ1) is 14.2. The lowest BCUT2D eigenvalue weighted by Crippen LogP contribution is -2.26. The summed E-state index contributed by atoms with van der Waals surface area (Å²) in [5.74, 6) is 0. The van der Waals surface area contributed by atoms with Gasteiger partial charge in [-0.25, -0.2) is 0 Å². The molecule has 17 heavy (non-hydrogen) atoms. The van der Waals surface area contributed by atoms with Crippen molar-refractivity contribution in [1.29, 1.82) is 0 Å². The average molecular weight is 237 g/mol. The highest BCUT2D eigenvalue weighted by Crippen LogP contribution is 2.07. The van der Waals surface area contributed by atoms with Gasteiger partial charge in [0, 0.05) is 19.1 Å². The summed E-state index contributed by atoms with van der Waals surface area (Å²) in [6, 6.07) is 2.82. The zero-order valence-corrected chi connectivity index (χ0v) is 11.8. The molecule has 1 aromatic heterocycles. The molecule has 0 saturated carbocycles. The minimum atomic E-state index is 0.597. The van der Waals surface area contributed by atoms with Gasteiger partial charge in [-0.3, -0.25) is 4.68 Å². The van der Waals surface area contributed by atoms with Crippen LogP contribution in [0.4, 0.5) is 0 Å². The number of aromatic nitrogens is 2. The third kappa shape index (κ3) is 4.50. The maximum Gasteiger partial charge on any atom is 0.0625 e. The Hall–Kier alpha value is -0.830. The zero-order valence-electron chi connectivity index (χ0n) is 11.8. The molecule has 0 radical (unpaired) electrons. The Balaban J connectivity index is 2.47. The predicted octanol–water partition coefficient (Wildman–Crippen LogP) is 3.13. The predicted molar refractivity (Wildman–Crippen MR) is 73.1 cm³/mol. The van der Waals surface area contributed by atoms with Gasteiger partial charge in [0.15, 0.2) is 0 Å². The van der Waals surface area contributed by atoms with Gasteiger partial charge in [-0.05, 0) is 32.8 Å². The van der Waals surface area contributed by atoms with E-state index in [-0.39, 0.29) is 0 Å². The van der Waals surface area contributed by atoms with E-state index in [1.165, 1.54) is 30.7 Å². The molecule has 0 spiro atoms. The van der Waals surface area contributed by atoms with Gasteiger partial charge in [-0.1, -0.05) is 26.7 Å². The second-order valence-electron chi connectivity index (χ2n) is 4.72. The van der Waals surface area contributed by atoms with Crippen LogP contribution in [0.5, 0.6) is 0 Å². The van der Waals surface area contributed by atoms with Crippen molar-refractivity contribution in [2.45, 2.75) is 72.5 Å². The molecule has 0 aliphatic carbocycles. The Morgan fingerprint density at radius 3 is 2.71 bits per heavy atom. The van der Waals surface area contributed by atoms with Crippen molar-refractivity contribution in [3.8, 4) is 0 Å². The van der Waals surface area contributed by atoms with Gasteiger partial charge in [-0.2, -0.15) is 5.10 Å². The second kappa shape index (κ2) is 7.49. The van der Waals surface area contributed by atoms with Crippen molar-refractivity contribution in [3.05, 3.63) is 17.5 Å². The van der Waals surface area contributed by atoms with Crippen molar-refractivity contribution < 1.29 is 0 Å². The number of hydrogen-bond donors (Lipinski definition) is 1. The number of nitrogens with one attached hydrogen (secondary N) is 1. The molecule has 1 rings (SSSR count). The van der Waals surface area contributed by atoms with E-state index >= 15 is 0 Å². The highest BCUT2D eigenvalue weighted by atomic mass is 15.3. The molecule has 1 aromatic rings. The fraction of sp³-hybridized carbons (Fsp3) is 0.786. The average Bonchev–Trinajstić information content (AvgIpc) is 2.76. The molecule has 3 heteroatoms. The Morgan fingerprint density at radius 2 is 2.12 bits per heavy atom. The molecular weight excluding hydrogens is 210 g/mol. The van der Waals surface area contributed by atoms with E-state index in [1.54, 1.807) is 0 Å². The fourth-order valence-electron chi connectivity index (χ4n) is 2.00. The van der Waals surface area contributed by atoms with Crippen LogP contribution in [-0.4, -0.2) is 15.8 Å². The molecule has 0 bridgehead atoms. The highest BCUT2D eigenvalue weighted by Gasteiger charge is 2.07. The lowest BCUT2D eigenvalue weighted by atomic mass is 10.1. The molecule has 1 N–H and O–H groups in total. The summed E-state index contributed by atoms with van der Waals surface area (Å²) in [4.78, 5) is 0. The summed E-state index contributed by atoms with van der Waals surface area (Å²) in [5.41, 5.74) is 2.51. The first-order valence-corrected chi connectivity index (χ1v) is 7.00. The van der Waals surface area contributed by atoms with Gasteiger partial charge >= 0.3 is 0 Å². The largest absolute Gasteiger partial charge is 0.309 e. The molecule has 0 amide bonds. The number of aryl methyl sites for hydroxylation is 2. The van der Waals surface area contributed by atoms with Crippen LogP contribution in [0.1, 0.15) is 58.3 Å². The molecule has 98 valence electrons. The van der Waals surface area contributed by atoms with E-state index in [2.05, 4.69) is 48.9 Å². The standard InChI is InChI=1S/C14H27N3/c1-5-8-9-12(4)15-11-14-10-13(6-2)16-17(14)7-3/h10,12,15H,5-9,11H2,1-4H3. The zero-order chi connectivity index (χ0) is 12.7. The van der Waals surface area contributed by atoms with Crippen molar-refractivity contribution >= 4 is 0 Å². The minimum Gasteiger partial charge on any atom is -0.309 e. The van der Waals surface area contributed by atoms with Crippen LogP contribution in [0.2, 0.25) is 0 Å². The van der Waals surface area contributed by atoms with Gasteiger partial charge in [0.05, 0.1) is 11.4 Å². The van der Waals surface area contributed by atoms with Crippen LogP contribution in [0.25, 0.3) is 0 Å². The van der Waals surface area contributed by atoms with Crippen molar-refractivity contribution in [3.63, 3.8) is 0 Å². The van der Waals surface area contributed by atoms with E-state index in [0.29, 0.717) is 6.04 Å². The molecule has 1 unspecified atom stereocenters. The summed E-state index contributed by atoms with van der Waals surface area (Å²) in [5, 5.41) is 8.15. The SMILES string of the molecule is CCCCC(C)NCc1cc(CC)nn1CC. The van der Waals surface area contributed by atoms with E-state index in [0.717, 1.165) is 19.5 Å². The number of nitrogens with zero attached hydrogens (tertiary/aromatic N) is 2. The maximum atomic E-state index is 4.56. The van der Waals surface area contributed by atoms with Gasteiger partial charge in [0.25, 0.3) is 0 Å². The van der Waals surface area contributed by atoms with Gasteiger partial charge in [0.1, 0.15) is 0 Å². The second-order valence-corrected chi connectivity index (χ2v) is 4.72. The first-order chi connectivity index (χ1) is 8.21. The molecule has 0 aliphatic heterocycles. The normalized spacial score (nSPS) is 12.9. The molecule has 0 fully saturated rings. The summed E-state index contributed by atoms with van der Waals surface area (Å²) in [7, 11) is 0. The van der Waals surface area contributed by atoms with Crippen LogP contribution in [0, 0.1) is 0 Å². The van der Waals surface area contributed by atoms with Crippen LogP contribution >= 0.6 is 0 Å². The maximum absolute atomic E-state index is 4.56. The molecule has 0 aliphatic rings. The Kier molecular flexibility index (Phi) is 6.27. The van der Waals surface area contributed by atoms with E-state index < -0.39 is 0 Å². The monoisotopic (exact) mass is 237 g/mol. The molecule has 0 saturated heterocycles. The number of rotatable bonds is 8. The van der Waals surface area contributed by atoms with Gasteiger partial charge < -0.3 is 5.32 Å². The van der Waals surface area contributed by atoms with Gasteiger partial charge in [0.2, 0.25) is 0 Å². The Labute approximate surface area is 106 Å². The Morgan fingerprint density at radius 1 is 1.35 bits per heavy atom. The lowest BCUT2D eigenvalue weighted by Gasteiger charge is -2.13. The van der Waals surface area contributed by atoms with Crippen molar-refractivity contribution in [2.24, 2.45) is 0 Å². The molecule has 1 heterocycles. The lowest BCUT2D eigenvalue weighted by molar-refractivity contribution is 0.477. The van der Waals surface area contributed by atoms with Crippen LogP contribution in [0.15, 0.2) is 6.07 Å². The summed E-state index contributed by atoms with van der Waals surface area (Å²) >= 11 is 0. The van der Waals surface area contributed by atoms with E-state index in [1.807, 2.05) is 0 Å². The fourth-order valence-corrected chi connectivity index (χ4v) is 2.00. The molecule has 0 aromatic carbocycles. The topological polar surface area (TPSA) is 29.9 Å². The minimum absolute atomic E-state index is 0.597. The van der Waals surface area contributed by atoms with Crippen LogP contribution in [0.3, 0.4) is 0 Å². The van der Waals surface area contributed by atoms with Crippen LogP contribution < -0.4 is 5.32 Å². The summed E-state index contributed by atoms with van der Waals surface area (Å²) in [6.45, 7) is 10.7. The van der Waals surface area contributed by atoms with E-state index in [9.17, 15) is 0 Å². The summed E-state index contributed by atoms with van der Waals surface area (Å²) < 4.78 is 2.11. The van der Waals surface area contributed by atoms with Crippen molar-refractivity contribution in [2.75, 3.05) is 0 Å². The quantitative estimate of drug-likeness (QED) is 0.753. The third-order valence-corrected chi connectivity index (χ3v) is 3.20. The molecule has 1 atom stereocenters. The number of unbranched alkanes of at least 4 members (excludes halogenated alkanes) is 1. The van der Waals surface area contributed by atoms with Gasteiger partial charge in [-0.15, -0.1) is 0 Å². The molecular formula is C14H27N3. The Bertz CT molecular complexity index is 317. The highest BCUT2D eigenvalue weighted by molar-refractivity contribution is 5.10. The van der Waals surface area contributed by atoms with E-state index in [4.69, 9.17) is 0 Å². The third-order valence-electron chi connectivity index (χ3n) is 3.20.